The summed E-state index contributed by atoms with van der Waals surface area (Å²) in [6.45, 7) is 3.14. The summed E-state index contributed by atoms with van der Waals surface area (Å²) < 4.78 is 9.82. The Balaban J connectivity index is 2.62. The Hall–Kier alpha value is -0.460. The van der Waals surface area contributed by atoms with Gasteiger partial charge in [-0.25, -0.2) is 9.78 Å². The second-order valence-corrected chi connectivity index (χ2v) is 4.68. The van der Waals surface area contributed by atoms with Gasteiger partial charge >= 0.3 is 5.97 Å². The summed E-state index contributed by atoms with van der Waals surface area (Å²) >= 11 is 4.86. The summed E-state index contributed by atoms with van der Waals surface area (Å²) in [6.07, 6.45) is 0. The first-order valence-electron chi connectivity index (χ1n) is 4.44. The fourth-order valence-corrected chi connectivity index (χ4v) is 2.28. The molecule has 0 aliphatic carbocycles. The highest BCUT2D eigenvalue weighted by atomic mass is 79.9. The summed E-state index contributed by atoms with van der Waals surface area (Å²) in [5.41, 5.74) is 0.346. The number of methoxy groups -OCH3 is 1. The monoisotopic (exact) mass is 293 g/mol. The van der Waals surface area contributed by atoms with Gasteiger partial charge in [-0.15, -0.1) is 11.3 Å². The number of esters is 1. The lowest BCUT2D eigenvalue weighted by atomic mass is 10.4. The van der Waals surface area contributed by atoms with E-state index < -0.39 is 5.97 Å². The highest BCUT2D eigenvalue weighted by molar-refractivity contribution is 9.09. The third-order valence-electron chi connectivity index (χ3n) is 1.65. The molecule has 0 fully saturated rings. The number of nitrogens with zero attached hydrogens (tertiary/aromatic N) is 1. The Morgan fingerprint density at radius 3 is 3.07 bits per heavy atom. The molecule has 0 aromatic carbocycles. The maximum atomic E-state index is 11.1. The molecule has 1 heterocycles. The standard InChI is InChI=1S/C9H12BrNO3S/c1-3-14-4-6(10)8-11-7(5-15-8)9(12)13-2/h5-6H,3-4H2,1-2H3. The van der Waals surface area contributed by atoms with Crippen LogP contribution in [0.2, 0.25) is 0 Å². The number of aromatic nitrogens is 1. The zero-order valence-corrected chi connectivity index (χ0v) is 10.9. The predicted molar refractivity (Wildman–Crippen MR) is 61.6 cm³/mol. The zero-order valence-electron chi connectivity index (χ0n) is 8.53. The van der Waals surface area contributed by atoms with Gasteiger partial charge in [-0.3, -0.25) is 0 Å². The number of rotatable bonds is 5. The average Bonchev–Trinajstić information content (AvgIpc) is 2.74. The topological polar surface area (TPSA) is 48.4 Å². The molecule has 1 aromatic rings. The molecule has 0 bridgehead atoms. The molecule has 0 aliphatic rings. The fraction of sp³-hybridized carbons (Fsp3) is 0.556. The lowest BCUT2D eigenvalue weighted by Crippen LogP contribution is -2.04. The number of hydrogen-bond donors (Lipinski definition) is 0. The largest absolute Gasteiger partial charge is 0.464 e. The van der Waals surface area contributed by atoms with E-state index in [-0.39, 0.29) is 4.83 Å². The molecule has 0 N–H and O–H groups in total. The molecule has 15 heavy (non-hydrogen) atoms. The molecule has 0 radical (unpaired) electrons. The Kier molecular flexibility index (Phi) is 5.21. The minimum atomic E-state index is -0.409. The molecule has 0 saturated carbocycles. The minimum absolute atomic E-state index is 0.0286. The van der Waals surface area contributed by atoms with E-state index in [9.17, 15) is 4.79 Å². The highest BCUT2D eigenvalue weighted by Crippen LogP contribution is 2.26. The van der Waals surface area contributed by atoms with Crippen LogP contribution in [0.4, 0.5) is 0 Å². The van der Waals surface area contributed by atoms with E-state index in [2.05, 4.69) is 25.7 Å². The molecule has 0 amide bonds. The third-order valence-corrected chi connectivity index (χ3v) is 3.61. The first-order chi connectivity index (χ1) is 7.19. The van der Waals surface area contributed by atoms with E-state index in [1.165, 1.54) is 18.4 Å². The maximum absolute atomic E-state index is 11.1. The van der Waals surface area contributed by atoms with Crippen LogP contribution in [0, 0.1) is 0 Å². The van der Waals surface area contributed by atoms with Gasteiger partial charge in [-0.2, -0.15) is 0 Å². The van der Waals surface area contributed by atoms with Gasteiger partial charge in [0.2, 0.25) is 0 Å². The normalized spacial score (nSPS) is 12.5. The van der Waals surface area contributed by atoms with Crippen molar-refractivity contribution in [3.63, 3.8) is 0 Å². The van der Waals surface area contributed by atoms with Crippen LogP contribution in [-0.4, -0.2) is 31.3 Å². The number of carbonyl (C=O) groups is 1. The number of ether oxygens (including phenoxy) is 2. The Morgan fingerprint density at radius 2 is 2.47 bits per heavy atom. The molecule has 1 aromatic heterocycles. The molecule has 84 valence electrons. The second-order valence-electron chi connectivity index (χ2n) is 2.69. The third kappa shape index (κ3) is 3.55. The number of carbonyl (C=O) groups excluding carboxylic acids is 1. The van der Waals surface area contributed by atoms with E-state index in [0.717, 1.165) is 5.01 Å². The van der Waals surface area contributed by atoms with Crippen LogP contribution in [-0.2, 0) is 9.47 Å². The molecule has 1 unspecified atom stereocenters. The van der Waals surface area contributed by atoms with E-state index in [1.54, 1.807) is 5.38 Å². The van der Waals surface area contributed by atoms with Gasteiger partial charge in [0, 0.05) is 12.0 Å². The Labute approximate surface area is 101 Å². The van der Waals surface area contributed by atoms with Crippen molar-refractivity contribution in [2.75, 3.05) is 20.3 Å². The quantitative estimate of drug-likeness (QED) is 0.618. The van der Waals surface area contributed by atoms with E-state index >= 15 is 0 Å². The van der Waals surface area contributed by atoms with Crippen LogP contribution in [0.1, 0.15) is 27.2 Å². The molecule has 6 heteroatoms. The summed E-state index contributed by atoms with van der Waals surface area (Å²) in [6, 6.07) is 0. The van der Waals surface area contributed by atoms with Crippen LogP contribution >= 0.6 is 27.3 Å². The van der Waals surface area contributed by atoms with E-state index in [1.807, 2.05) is 6.92 Å². The molecule has 0 spiro atoms. The van der Waals surface area contributed by atoms with Crippen molar-refractivity contribution in [1.29, 1.82) is 0 Å². The van der Waals surface area contributed by atoms with Gasteiger partial charge < -0.3 is 9.47 Å². The van der Waals surface area contributed by atoms with Crippen LogP contribution in [0.15, 0.2) is 5.38 Å². The molecular formula is C9H12BrNO3S. The smallest absolute Gasteiger partial charge is 0.357 e. The fourth-order valence-electron chi connectivity index (χ4n) is 0.922. The first kappa shape index (κ1) is 12.6. The van der Waals surface area contributed by atoms with Gasteiger partial charge in [-0.05, 0) is 6.92 Å². The number of hydrogen-bond acceptors (Lipinski definition) is 5. The summed E-state index contributed by atoms with van der Waals surface area (Å²) in [5.74, 6) is -0.409. The predicted octanol–water partition coefficient (Wildman–Crippen LogP) is 2.40. The van der Waals surface area contributed by atoms with Gasteiger partial charge in [0.15, 0.2) is 5.69 Å². The molecule has 1 rings (SSSR count). The minimum Gasteiger partial charge on any atom is -0.464 e. The van der Waals surface area contributed by atoms with Crippen molar-refractivity contribution >= 4 is 33.2 Å². The lowest BCUT2D eigenvalue weighted by molar-refractivity contribution is 0.0594. The van der Waals surface area contributed by atoms with Gasteiger partial charge in [0.25, 0.3) is 0 Å². The van der Waals surface area contributed by atoms with Gasteiger partial charge in [0.1, 0.15) is 5.01 Å². The number of alkyl halides is 1. The van der Waals surface area contributed by atoms with Crippen LogP contribution in [0.25, 0.3) is 0 Å². The molecule has 0 aliphatic heterocycles. The van der Waals surface area contributed by atoms with Crippen LogP contribution < -0.4 is 0 Å². The van der Waals surface area contributed by atoms with Crippen molar-refractivity contribution in [3.05, 3.63) is 16.1 Å². The van der Waals surface area contributed by atoms with Gasteiger partial charge in [0.05, 0.1) is 18.5 Å². The van der Waals surface area contributed by atoms with Gasteiger partial charge in [-0.1, -0.05) is 15.9 Å². The van der Waals surface area contributed by atoms with E-state index in [0.29, 0.717) is 18.9 Å². The molecule has 0 saturated heterocycles. The van der Waals surface area contributed by atoms with Crippen molar-refractivity contribution < 1.29 is 14.3 Å². The number of halogens is 1. The summed E-state index contributed by atoms with van der Waals surface area (Å²) in [5, 5.41) is 2.50. The Morgan fingerprint density at radius 1 is 1.73 bits per heavy atom. The SMILES string of the molecule is CCOCC(Br)c1nc(C(=O)OC)cs1. The lowest BCUT2D eigenvalue weighted by Gasteiger charge is -2.05. The molecule has 1 atom stereocenters. The maximum Gasteiger partial charge on any atom is 0.357 e. The van der Waals surface area contributed by atoms with E-state index in [4.69, 9.17) is 4.74 Å². The summed E-state index contributed by atoms with van der Waals surface area (Å²) in [7, 11) is 1.34. The molecule has 4 nitrogen and oxygen atoms in total. The number of thiazole rings is 1. The van der Waals surface area contributed by atoms with Crippen molar-refractivity contribution in [2.45, 2.75) is 11.8 Å². The average molecular weight is 294 g/mol. The zero-order chi connectivity index (χ0) is 11.3. The Bertz CT molecular complexity index is 329. The highest BCUT2D eigenvalue weighted by Gasteiger charge is 2.16. The second kappa shape index (κ2) is 6.19. The summed E-state index contributed by atoms with van der Waals surface area (Å²) in [4.78, 5) is 15.3. The van der Waals surface area contributed by atoms with Crippen molar-refractivity contribution in [2.24, 2.45) is 0 Å². The van der Waals surface area contributed by atoms with Crippen molar-refractivity contribution in [1.82, 2.24) is 4.98 Å². The molecular weight excluding hydrogens is 282 g/mol. The van der Waals surface area contributed by atoms with Crippen LogP contribution in [0.3, 0.4) is 0 Å². The van der Waals surface area contributed by atoms with Crippen molar-refractivity contribution in [3.8, 4) is 0 Å². The van der Waals surface area contributed by atoms with Crippen LogP contribution in [0.5, 0.6) is 0 Å². The first-order valence-corrected chi connectivity index (χ1v) is 6.24.